The average molecular weight is 509 g/mol. The minimum atomic E-state index is -2.43. The summed E-state index contributed by atoms with van der Waals surface area (Å²) in [7, 11) is -0.727. The fourth-order valence-corrected chi connectivity index (χ4v) is 4.40. The molecule has 0 bridgehead atoms. The lowest BCUT2D eigenvalue weighted by molar-refractivity contribution is 0.0580. The predicted octanol–water partition coefficient (Wildman–Crippen LogP) is 3.07. The van der Waals surface area contributed by atoms with Crippen molar-refractivity contribution in [2.45, 2.75) is 56.5 Å². The molecule has 3 aromatic rings. The smallest absolute Gasteiger partial charge is 0.274 e. The molecule has 2 aliphatic rings. The number of methoxy groups -OCH3 is 1. The molecule has 2 fully saturated rings. The molecule has 0 saturated heterocycles. The van der Waals surface area contributed by atoms with Crippen molar-refractivity contribution in [1.29, 1.82) is 0 Å². The number of alkyl halides is 1. The van der Waals surface area contributed by atoms with Crippen molar-refractivity contribution in [1.82, 2.24) is 24.5 Å². The Morgan fingerprint density at radius 2 is 2.06 bits per heavy atom. The van der Waals surface area contributed by atoms with Gasteiger partial charge in [0.05, 0.1) is 28.1 Å². The first kappa shape index (κ1) is 21.1. The quantitative estimate of drug-likeness (QED) is 0.449. The van der Waals surface area contributed by atoms with E-state index in [9.17, 15) is 14.0 Å². The van der Waals surface area contributed by atoms with Crippen molar-refractivity contribution in [2.24, 2.45) is 0 Å². The van der Waals surface area contributed by atoms with E-state index in [1.54, 1.807) is 36.0 Å². The van der Waals surface area contributed by atoms with Crippen LogP contribution in [0.15, 0.2) is 35.4 Å². The van der Waals surface area contributed by atoms with Crippen molar-refractivity contribution in [3.8, 4) is 0 Å². The molecule has 188 valence electrons. The van der Waals surface area contributed by atoms with Crippen molar-refractivity contribution >= 4 is 41.2 Å². The van der Waals surface area contributed by atoms with Crippen molar-refractivity contribution < 1.29 is 18.0 Å². The predicted molar refractivity (Wildman–Crippen MR) is 133 cm³/mol. The maximum Gasteiger partial charge on any atom is 0.274 e. The number of aromatic nitrogens is 4. The summed E-state index contributed by atoms with van der Waals surface area (Å²) in [4.78, 5) is 30.2. The molecule has 10 nitrogen and oxygen atoms in total. The second-order valence-corrected chi connectivity index (χ2v) is 8.71. The maximum atomic E-state index is 13.3. The molecule has 35 heavy (non-hydrogen) atoms. The Kier molecular flexibility index (Phi) is 6.16. The summed E-state index contributed by atoms with van der Waals surface area (Å²) >= 11 is 0. The molecular weight excluding hydrogens is 477 g/mol. The summed E-state index contributed by atoms with van der Waals surface area (Å²) < 4.78 is 43.3. The van der Waals surface area contributed by atoms with E-state index in [0.29, 0.717) is 54.9 Å². The van der Waals surface area contributed by atoms with Crippen LogP contribution in [0.1, 0.15) is 52.7 Å². The van der Waals surface area contributed by atoms with Gasteiger partial charge < -0.3 is 25.3 Å². The minimum Gasteiger partial charge on any atom is -0.385 e. The van der Waals surface area contributed by atoms with Crippen LogP contribution >= 0.6 is 12.4 Å². The Morgan fingerprint density at radius 1 is 1.29 bits per heavy atom. The van der Waals surface area contributed by atoms with E-state index in [1.807, 2.05) is 0 Å². The first-order chi connectivity index (χ1) is 17.6. The van der Waals surface area contributed by atoms with Gasteiger partial charge in [-0.25, -0.2) is 13.9 Å². The average Bonchev–Trinajstić information content (AvgIpc) is 3.36. The number of amides is 1. The monoisotopic (exact) mass is 508 g/mol. The first-order valence-electron chi connectivity index (χ1n) is 12.8. The van der Waals surface area contributed by atoms with Gasteiger partial charge in [0.1, 0.15) is 11.9 Å². The lowest BCUT2D eigenvalue weighted by atomic mass is 9.92. The molecule has 5 rings (SSSR count). The molecular formula is C23H29ClFN7O3. The highest BCUT2D eigenvalue weighted by Crippen LogP contribution is 2.29. The molecule has 3 heterocycles. The number of fused-ring (bicyclic) bond motifs is 1. The lowest BCUT2D eigenvalue weighted by Gasteiger charge is -2.29. The Labute approximate surface area is 211 Å². The number of imidazole rings is 1. The molecule has 0 aromatic carbocycles. The van der Waals surface area contributed by atoms with Crippen molar-refractivity contribution in [3.05, 3.63) is 46.6 Å². The number of rotatable bonds is 7. The van der Waals surface area contributed by atoms with Crippen LogP contribution in [0.5, 0.6) is 0 Å². The maximum absolute atomic E-state index is 13.3. The molecule has 0 spiro atoms. The molecule has 0 radical (unpaired) electrons. The van der Waals surface area contributed by atoms with Crippen LogP contribution in [0.4, 0.5) is 21.6 Å². The molecule has 2 atom stereocenters. The summed E-state index contributed by atoms with van der Waals surface area (Å²) in [6, 6.07) is 4.49. The number of hydrogen-bond donors (Lipinski definition) is 3. The van der Waals surface area contributed by atoms with Gasteiger partial charge in [0.2, 0.25) is 0 Å². The second-order valence-electron chi connectivity index (χ2n) is 8.71. The van der Waals surface area contributed by atoms with E-state index >= 15 is 0 Å². The van der Waals surface area contributed by atoms with Gasteiger partial charge in [-0.15, -0.1) is 17.5 Å². The zero-order valence-corrected chi connectivity index (χ0v) is 19.8. The largest absolute Gasteiger partial charge is 0.385 e. The summed E-state index contributed by atoms with van der Waals surface area (Å²) in [6.07, 6.45) is 4.32. The zero-order valence-electron chi connectivity index (χ0n) is 22.0. The van der Waals surface area contributed by atoms with Gasteiger partial charge in [-0.05, 0) is 37.8 Å². The van der Waals surface area contributed by atoms with E-state index in [1.165, 1.54) is 10.7 Å². The third-order valence-corrected chi connectivity index (χ3v) is 6.44. The van der Waals surface area contributed by atoms with E-state index in [0.717, 1.165) is 0 Å². The van der Waals surface area contributed by atoms with Gasteiger partial charge in [-0.3, -0.25) is 9.59 Å². The summed E-state index contributed by atoms with van der Waals surface area (Å²) in [6.45, 7) is 0. The van der Waals surface area contributed by atoms with Crippen LogP contribution in [-0.4, -0.2) is 57.5 Å². The van der Waals surface area contributed by atoms with Crippen molar-refractivity contribution in [3.63, 3.8) is 0 Å². The number of halogens is 2. The standard InChI is InChI=1S/C23H28FN7O3.ClH/c1-25-18-11-20(29-31-19(12-26-21(18)31)22(32)28-17-10-15(17)24)27-16-4-3-9-30(23(16)33)13-5-7-14(34-2)8-6-13;/h3-4,9,11-15,17,25H,5-8,10H2,1-2H3,(H,27,29)(H,28,32);1H/t13?,14?,15-,17+;/m0./s1/i2D3;. The Balaban J connectivity index is 0.00000336. The number of ether oxygens (including phenoxy) is 1. The Hall–Kier alpha value is -3.18. The molecule has 0 unspecified atom stereocenters. The van der Waals surface area contributed by atoms with Gasteiger partial charge in [0.25, 0.3) is 11.5 Å². The normalized spacial score (nSPS) is 25.0. The summed E-state index contributed by atoms with van der Waals surface area (Å²) in [5.41, 5.74) is 1.18. The number of nitrogens with one attached hydrogen (secondary N) is 3. The Morgan fingerprint density at radius 3 is 2.74 bits per heavy atom. The highest BCUT2D eigenvalue weighted by atomic mass is 35.5. The topological polar surface area (TPSA) is 115 Å². The van der Waals surface area contributed by atoms with Gasteiger partial charge in [-0.2, -0.15) is 0 Å². The van der Waals surface area contributed by atoms with Crippen LogP contribution in [0.3, 0.4) is 0 Å². The fraction of sp³-hybridized carbons (Fsp3) is 0.478. The van der Waals surface area contributed by atoms with Gasteiger partial charge in [0, 0.05) is 38.8 Å². The van der Waals surface area contributed by atoms with Crippen LogP contribution in [0.25, 0.3) is 5.65 Å². The van der Waals surface area contributed by atoms with E-state index in [2.05, 4.69) is 26.0 Å². The molecule has 12 heteroatoms. The summed E-state index contributed by atoms with van der Waals surface area (Å²) in [5.74, 6) is -0.173. The van der Waals surface area contributed by atoms with Gasteiger partial charge in [0.15, 0.2) is 17.2 Å². The van der Waals surface area contributed by atoms with E-state index in [4.69, 9.17) is 8.85 Å². The number of carbonyl (C=O) groups excluding carboxylic acids is 1. The number of hydrogen-bond acceptors (Lipinski definition) is 7. The minimum absolute atomic E-state index is 0. The number of pyridine rings is 1. The van der Waals surface area contributed by atoms with Crippen LogP contribution < -0.4 is 21.5 Å². The zero-order chi connectivity index (χ0) is 26.3. The van der Waals surface area contributed by atoms with Crippen LogP contribution in [0.2, 0.25) is 0 Å². The number of carbonyl (C=O) groups is 1. The summed E-state index contributed by atoms with van der Waals surface area (Å²) in [5, 5.41) is 13.2. The number of nitrogens with zero attached hydrogens (tertiary/aromatic N) is 4. The SMILES string of the molecule is Cl.[2H]C([2H])([2H])OC1CCC(n2cccc(Nc3cc(NC)c4ncc(C(=O)N[C@@H]5C[C@@H]5F)n4n3)c2=O)CC1. The molecule has 2 saturated carbocycles. The second kappa shape index (κ2) is 10.2. The van der Waals surface area contributed by atoms with E-state index < -0.39 is 25.2 Å². The van der Waals surface area contributed by atoms with Crippen molar-refractivity contribution in [2.75, 3.05) is 24.7 Å². The highest BCUT2D eigenvalue weighted by molar-refractivity contribution is 5.94. The molecule has 3 aromatic heterocycles. The Bertz CT molecular complexity index is 1370. The molecule has 0 aliphatic heterocycles. The number of anilines is 3. The van der Waals surface area contributed by atoms with Crippen LogP contribution in [-0.2, 0) is 4.74 Å². The third kappa shape index (κ3) is 4.96. The lowest BCUT2D eigenvalue weighted by Crippen LogP contribution is -2.30. The third-order valence-electron chi connectivity index (χ3n) is 6.44. The van der Waals surface area contributed by atoms with Gasteiger partial charge >= 0.3 is 0 Å². The first-order valence-corrected chi connectivity index (χ1v) is 11.3. The molecule has 3 N–H and O–H groups in total. The molecule has 2 aliphatic carbocycles. The highest BCUT2D eigenvalue weighted by Gasteiger charge is 2.39. The van der Waals surface area contributed by atoms with Crippen LogP contribution in [0, 0.1) is 0 Å². The van der Waals surface area contributed by atoms with Gasteiger partial charge in [-0.1, -0.05) is 0 Å². The fourth-order valence-electron chi connectivity index (χ4n) is 4.40. The molecule has 1 amide bonds. The van der Waals surface area contributed by atoms with E-state index in [-0.39, 0.29) is 35.8 Å².